The predicted octanol–water partition coefficient (Wildman–Crippen LogP) is 2.36. The first-order chi connectivity index (χ1) is 12.6. The van der Waals surface area contributed by atoms with E-state index in [1.807, 2.05) is 23.9 Å². The first-order valence-corrected chi connectivity index (χ1v) is 9.46. The Hall–Kier alpha value is -2.34. The maximum atomic E-state index is 12.8. The van der Waals surface area contributed by atoms with Crippen molar-refractivity contribution in [2.45, 2.75) is 51.2 Å². The van der Waals surface area contributed by atoms with Crippen LogP contribution in [-0.2, 0) is 26.6 Å². The van der Waals surface area contributed by atoms with Gasteiger partial charge in [-0.1, -0.05) is 25.0 Å². The molecular formula is C20H26N4O2. The molecule has 26 heavy (non-hydrogen) atoms. The van der Waals surface area contributed by atoms with Crippen LogP contribution in [0.1, 0.15) is 53.0 Å². The van der Waals surface area contributed by atoms with Crippen molar-refractivity contribution in [3.63, 3.8) is 0 Å². The molecule has 1 aromatic carbocycles. The number of phenols is 1. The fourth-order valence-corrected chi connectivity index (χ4v) is 4.15. The fraction of sp³-hybridized carbons (Fsp3) is 0.500. The van der Waals surface area contributed by atoms with Crippen LogP contribution in [0.25, 0.3) is 0 Å². The molecule has 1 aliphatic heterocycles. The van der Waals surface area contributed by atoms with Gasteiger partial charge in [0.05, 0.1) is 0 Å². The van der Waals surface area contributed by atoms with Crippen molar-refractivity contribution >= 4 is 5.91 Å². The van der Waals surface area contributed by atoms with Gasteiger partial charge in [0.15, 0.2) is 5.69 Å². The summed E-state index contributed by atoms with van der Waals surface area (Å²) in [4.78, 5) is 15.1. The Bertz CT molecular complexity index is 791. The first kappa shape index (κ1) is 17.1. The van der Waals surface area contributed by atoms with Crippen molar-refractivity contribution < 1.29 is 9.90 Å². The van der Waals surface area contributed by atoms with Crippen molar-refractivity contribution in [2.24, 2.45) is 7.05 Å². The quantitative estimate of drug-likeness (QED) is 0.884. The van der Waals surface area contributed by atoms with E-state index in [0.29, 0.717) is 11.7 Å². The minimum absolute atomic E-state index is 0.0276. The highest BCUT2D eigenvalue weighted by Crippen LogP contribution is 2.25. The number of fused-ring (bicyclic) bond motifs is 1. The number of benzene rings is 1. The maximum absolute atomic E-state index is 12.8. The number of carbonyl (C=O) groups is 1. The Balaban J connectivity index is 1.49. The Morgan fingerprint density at radius 2 is 2.00 bits per heavy atom. The number of aromatic hydroxyl groups is 1. The molecule has 0 saturated heterocycles. The lowest BCUT2D eigenvalue weighted by Crippen LogP contribution is -2.35. The average Bonchev–Trinajstić information content (AvgIpc) is 3.25. The normalized spacial score (nSPS) is 18.0. The molecule has 6 heteroatoms. The summed E-state index contributed by atoms with van der Waals surface area (Å²) < 4.78 is 1.87. The van der Waals surface area contributed by atoms with Crippen molar-refractivity contribution in [1.82, 2.24) is 20.0 Å². The summed E-state index contributed by atoms with van der Waals surface area (Å²) in [5.74, 6) is 0.257. The summed E-state index contributed by atoms with van der Waals surface area (Å²) in [5, 5.41) is 17.1. The molecule has 2 aliphatic rings. The smallest absolute Gasteiger partial charge is 0.272 e. The zero-order valence-electron chi connectivity index (χ0n) is 15.2. The van der Waals surface area contributed by atoms with Gasteiger partial charge in [-0.05, 0) is 30.5 Å². The van der Waals surface area contributed by atoms with E-state index >= 15 is 0 Å². The SMILES string of the molecule is Cn1nc(C(=O)NC2CCCC2)c2c1CCN(Cc1ccc(O)cc1)C2. The van der Waals surface area contributed by atoms with Crippen LogP contribution < -0.4 is 5.32 Å². The van der Waals surface area contributed by atoms with E-state index in [2.05, 4.69) is 15.3 Å². The molecule has 2 aromatic rings. The van der Waals surface area contributed by atoms with Crippen LogP contribution >= 0.6 is 0 Å². The van der Waals surface area contributed by atoms with Gasteiger partial charge in [-0.15, -0.1) is 0 Å². The third-order valence-corrected chi connectivity index (χ3v) is 5.57. The van der Waals surface area contributed by atoms with Crippen LogP contribution in [-0.4, -0.2) is 38.3 Å². The van der Waals surface area contributed by atoms with Crippen LogP contribution in [0.4, 0.5) is 0 Å². The van der Waals surface area contributed by atoms with Crippen molar-refractivity contribution in [3.05, 3.63) is 46.8 Å². The largest absolute Gasteiger partial charge is 0.508 e. The number of amides is 1. The molecule has 1 aliphatic carbocycles. The second kappa shape index (κ2) is 7.11. The highest BCUT2D eigenvalue weighted by molar-refractivity contribution is 5.94. The van der Waals surface area contributed by atoms with Crippen LogP contribution in [0.15, 0.2) is 24.3 Å². The Kier molecular flexibility index (Phi) is 4.68. The van der Waals surface area contributed by atoms with Gasteiger partial charge in [-0.2, -0.15) is 5.10 Å². The number of aryl methyl sites for hydroxylation is 1. The molecular weight excluding hydrogens is 328 g/mol. The molecule has 0 atom stereocenters. The monoisotopic (exact) mass is 354 g/mol. The van der Waals surface area contributed by atoms with E-state index in [9.17, 15) is 9.90 Å². The molecule has 1 amide bonds. The van der Waals surface area contributed by atoms with Crippen LogP contribution in [0.3, 0.4) is 0 Å². The minimum atomic E-state index is -0.0276. The number of rotatable bonds is 4. The van der Waals surface area contributed by atoms with Crippen LogP contribution in [0, 0.1) is 0 Å². The van der Waals surface area contributed by atoms with Gasteiger partial charge in [-0.3, -0.25) is 14.4 Å². The van der Waals surface area contributed by atoms with E-state index in [1.54, 1.807) is 12.1 Å². The van der Waals surface area contributed by atoms with E-state index in [-0.39, 0.29) is 11.7 Å². The molecule has 0 spiro atoms. The standard InChI is InChI=1S/C20H26N4O2/c1-23-18-10-11-24(12-14-6-8-16(25)9-7-14)13-17(18)19(22-23)20(26)21-15-4-2-3-5-15/h6-9,15,25H,2-5,10-13H2,1H3,(H,21,26). The molecule has 138 valence electrons. The third-order valence-electron chi connectivity index (χ3n) is 5.57. The number of nitrogens with zero attached hydrogens (tertiary/aromatic N) is 3. The molecule has 1 aromatic heterocycles. The third kappa shape index (κ3) is 3.46. The maximum Gasteiger partial charge on any atom is 0.272 e. The number of hydrogen-bond acceptors (Lipinski definition) is 4. The summed E-state index contributed by atoms with van der Waals surface area (Å²) in [6.07, 6.45) is 5.45. The lowest BCUT2D eigenvalue weighted by molar-refractivity contribution is 0.0929. The summed E-state index contributed by atoms with van der Waals surface area (Å²) in [5.41, 5.74) is 3.98. The van der Waals surface area contributed by atoms with Gasteiger partial charge in [0, 0.05) is 50.4 Å². The van der Waals surface area contributed by atoms with Crippen LogP contribution in [0.2, 0.25) is 0 Å². The number of carbonyl (C=O) groups excluding carboxylic acids is 1. The van der Waals surface area contributed by atoms with Gasteiger partial charge in [-0.25, -0.2) is 0 Å². The van der Waals surface area contributed by atoms with E-state index in [4.69, 9.17) is 0 Å². The van der Waals surface area contributed by atoms with Gasteiger partial charge in [0.2, 0.25) is 0 Å². The molecule has 0 unspecified atom stereocenters. The zero-order chi connectivity index (χ0) is 18.1. The summed E-state index contributed by atoms with van der Waals surface area (Å²) in [6, 6.07) is 7.63. The second-order valence-electron chi connectivity index (χ2n) is 7.48. The molecule has 2 heterocycles. The fourth-order valence-electron chi connectivity index (χ4n) is 4.15. The lowest BCUT2D eigenvalue weighted by atomic mass is 10.0. The number of phenolic OH excluding ortho intramolecular Hbond substituents is 1. The number of nitrogens with one attached hydrogen (secondary N) is 1. The van der Waals surface area contributed by atoms with Gasteiger partial charge in [0.1, 0.15) is 5.75 Å². The molecule has 6 nitrogen and oxygen atoms in total. The van der Waals surface area contributed by atoms with E-state index in [1.165, 1.54) is 18.5 Å². The van der Waals surface area contributed by atoms with Crippen molar-refractivity contribution in [3.8, 4) is 5.75 Å². The first-order valence-electron chi connectivity index (χ1n) is 9.46. The van der Waals surface area contributed by atoms with Gasteiger partial charge >= 0.3 is 0 Å². The van der Waals surface area contributed by atoms with E-state index < -0.39 is 0 Å². The van der Waals surface area contributed by atoms with Crippen molar-refractivity contribution in [1.29, 1.82) is 0 Å². The average molecular weight is 354 g/mol. The lowest BCUT2D eigenvalue weighted by Gasteiger charge is -2.27. The Morgan fingerprint density at radius 3 is 2.73 bits per heavy atom. The highest BCUT2D eigenvalue weighted by atomic mass is 16.3. The number of hydrogen-bond donors (Lipinski definition) is 2. The predicted molar refractivity (Wildman–Crippen MR) is 98.9 cm³/mol. The second-order valence-corrected chi connectivity index (χ2v) is 7.48. The zero-order valence-corrected chi connectivity index (χ0v) is 15.2. The molecule has 1 fully saturated rings. The highest BCUT2D eigenvalue weighted by Gasteiger charge is 2.28. The topological polar surface area (TPSA) is 70.4 Å². The van der Waals surface area contributed by atoms with Crippen molar-refractivity contribution in [2.75, 3.05) is 6.54 Å². The van der Waals surface area contributed by atoms with Crippen LogP contribution in [0.5, 0.6) is 5.75 Å². The summed E-state index contributed by atoms with van der Waals surface area (Å²) in [6.45, 7) is 2.48. The molecule has 2 N–H and O–H groups in total. The van der Waals surface area contributed by atoms with Gasteiger partial charge < -0.3 is 10.4 Å². The molecule has 1 saturated carbocycles. The Labute approximate surface area is 153 Å². The summed E-state index contributed by atoms with van der Waals surface area (Å²) in [7, 11) is 1.93. The molecule has 0 radical (unpaired) electrons. The molecule has 4 rings (SSSR count). The molecule has 0 bridgehead atoms. The minimum Gasteiger partial charge on any atom is -0.508 e. The van der Waals surface area contributed by atoms with E-state index in [0.717, 1.165) is 50.0 Å². The Morgan fingerprint density at radius 1 is 1.27 bits per heavy atom. The number of aromatic nitrogens is 2. The summed E-state index contributed by atoms with van der Waals surface area (Å²) >= 11 is 0. The van der Waals surface area contributed by atoms with Gasteiger partial charge in [0.25, 0.3) is 5.91 Å².